The molecule has 0 atom stereocenters. The molecule has 0 spiro atoms. The van der Waals surface area contributed by atoms with E-state index in [1.54, 1.807) is 0 Å². The summed E-state index contributed by atoms with van der Waals surface area (Å²) in [5, 5.41) is 4.80. The van der Waals surface area contributed by atoms with Gasteiger partial charge in [0.2, 0.25) is 0 Å². The Morgan fingerprint density at radius 3 is 2.38 bits per heavy atom. The van der Waals surface area contributed by atoms with Gasteiger partial charge in [0.05, 0.1) is 5.41 Å². The second-order valence-electron chi connectivity index (χ2n) is 7.22. The van der Waals surface area contributed by atoms with Crippen molar-refractivity contribution in [3.63, 3.8) is 0 Å². The first-order chi connectivity index (χ1) is 12.4. The highest BCUT2D eigenvalue weighted by Crippen LogP contribution is 2.42. The molecule has 0 saturated heterocycles. The van der Waals surface area contributed by atoms with Gasteiger partial charge >= 0.3 is 12.0 Å². The van der Waals surface area contributed by atoms with Crippen molar-refractivity contribution in [3.05, 3.63) is 35.9 Å². The molecule has 0 radical (unpaired) electrons. The van der Waals surface area contributed by atoms with Gasteiger partial charge in [0, 0.05) is 6.54 Å². The van der Waals surface area contributed by atoms with E-state index in [2.05, 4.69) is 24.5 Å². The van der Waals surface area contributed by atoms with E-state index in [0.717, 1.165) is 24.8 Å². The minimum Gasteiger partial charge on any atom is -0.455 e. The Morgan fingerprint density at radius 2 is 1.77 bits per heavy atom. The fourth-order valence-corrected chi connectivity index (χ4v) is 3.30. The fraction of sp³-hybridized carbons (Fsp3) is 0.550. The van der Waals surface area contributed by atoms with Crippen LogP contribution in [0.3, 0.4) is 0 Å². The first kappa shape index (κ1) is 19.9. The fourth-order valence-electron chi connectivity index (χ4n) is 3.30. The van der Waals surface area contributed by atoms with Gasteiger partial charge in [-0.25, -0.2) is 4.79 Å². The van der Waals surface area contributed by atoms with Crippen LogP contribution in [0.2, 0.25) is 0 Å². The molecule has 3 amide bonds. The molecule has 1 saturated carbocycles. The quantitative estimate of drug-likeness (QED) is 0.732. The first-order valence-corrected chi connectivity index (χ1v) is 9.24. The van der Waals surface area contributed by atoms with Gasteiger partial charge < -0.3 is 10.1 Å². The highest BCUT2D eigenvalue weighted by Gasteiger charge is 2.44. The van der Waals surface area contributed by atoms with E-state index in [4.69, 9.17) is 4.74 Å². The molecule has 6 nitrogen and oxygen atoms in total. The van der Waals surface area contributed by atoms with Gasteiger partial charge in [0.25, 0.3) is 5.91 Å². The number of imide groups is 1. The highest BCUT2D eigenvalue weighted by atomic mass is 16.5. The van der Waals surface area contributed by atoms with Gasteiger partial charge in [0.1, 0.15) is 0 Å². The molecule has 1 aliphatic rings. The number of amides is 3. The average Bonchev–Trinajstić information content (AvgIpc) is 3.11. The standard InChI is InChI=1S/C20H28N2O4/c1-15(2)10-13-21-19(25)22-17(23)14-26-18(24)20(11-6-7-12-20)16-8-4-3-5-9-16/h3-5,8-9,15H,6-7,10-14H2,1-2H3,(H2,21,22,23,25). The van der Waals surface area contributed by atoms with Crippen LogP contribution in [0.4, 0.5) is 4.79 Å². The maximum Gasteiger partial charge on any atom is 0.321 e. The Kier molecular flexibility index (Phi) is 7.18. The SMILES string of the molecule is CC(C)CCNC(=O)NC(=O)COC(=O)C1(c2ccccc2)CCCC1. The molecule has 142 valence electrons. The molecule has 2 N–H and O–H groups in total. The molecule has 0 bridgehead atoms. The predicted molar refractivity (Wildman–Crippen MR) is 98.5 cm³/mol. The Balaban J connectivity index is 1.85. The van der Waals surface area contributed by atoms with E-state index >= 15 is 0 Å². The molecule has 2 rings (SSSR count). The normalized spacial score (nSPS) is 15.5. The smallest absolute Gasteiger partial charge is 0.321 e. The molecular weight excluding hydrogens is 332 g/mol. The lowest BCUT2D eigenvalue weighted by atomic mass is 9.79. The second kappa shape index (κ2) is 9.36. The molecule has 26 heavy (non-hydrogen) atoms. The van der Waals surface area contributed by atoms with E-state index in [-0.39, 0.29) is 0 Å². The molecule has 6 heteroatoms. The van der Waals surface area contributed by atoms with Gasteiger partial charge in [-0.05, 0) is 30.7 Å². The van der Waals surface area contributed by atoms with Crippen LogP contribution in [0, 0.1) is 5.92 Å². The van der Waals surface area contributed by atoms with Crippen molar-refractivity contribution in [3.8, 4) is 0 Å². The third kappa shape index (κ3) is 5.31. The summed E-state index contributed by atoms with van der Waals surface area (Å²) in [5.41, 5.74) is 0.246. The van der Waals surface area contributed by atoms with Crippen molar-refractivity contribution in [1.29, 1.82) is 0 Å². The van der Waals surface area contributed by atoms with Crippen molar-refractivity contribution in [2.24, 2.45) is 5.92 Å². The van der Waals surface area contributed by atoms with Crippen molar-refractivity contribution in [2.45, 2.75) is 51.4 Å². The third-order valence-corrected chi connectivity index (χ3v) is 4.77. The lowest BCUT2D eigenvalue weighted by Gasteiger charge is -2.27. The number of carbonyl (C=O) groups excluding carboxylic acids is 3. The van der Waals surface area contributed by atoms with Crippen LogP contribution in [0.5, 0.6) is 0 Å². The van der Waals surface area contributed by atoms with Crippen LogP contribution in [0.25, 0.3) is 0 Å². The van der Waals surface area contributed by atoms with Crippen molar-refractivity contribution >= 4 is 17.9 Å². The summed E-state index contributed by atoms with van der Waals surface area (Å²) in [6, 6.07) is 8.99. The molecule has 1 aliphatic carbocycles. The lowest BCUT2D eigenvalue weighted by Crippen LogP contribution is -2.43. The van der Waals surface area contributed by atoms with Crippen molar-refractivity contribution in [2.75, 3.05) is 13.2 Å². The number of rotatable bonds is 7. The Hall–Kier alpha value is -2.37. The zero-order valence-electron chi connectivity index (χ0n) is 15.5. The minimum absolute atomic E-state index is 0.392. The maximum absolute atomic E-state index is 12.7. The zero-order valence-corrected chi connectivity index (χ0v) is 15.5. The summed E-state index contributed by atoms with van der Waals surface area (Å²) in [5.74, 6) is -0.550. The molecule has 1 aromatic rings. The molecule has 0 unspecified atom stereocenters. The van der Waals surface area contributed by atoms with Gasteiger partial charge in [-0.1, -0.05) is 57.0 Å². The average molecular weight is 360 g/mol. The second-order valence-corrected chi connectivity index (χ2v) is 7.22. The molecule has 1 aromatic carbocycles. The number of nitrogens with one attached hydrogen (secondary N) is 2. The molecule has 0 aromatic heterocycles. The Bertz CT molecular complexity index is 622. The third-order valence-electron chi connectivity index (χ3n) is 4.77. The summed E-state index contributed by atoms with van der Waals surface area (Å²) in [6.45, 7) is 4.14. The topological polar surface area (TPSA) is 84.5 Å². The van der Waals surface area contributed by atoms with E-state index in [9.17, 15) is 14.4 Å². The van der Waals surface area contributed by atoms with Gasteiger partial charge in [-0.15, -0.1) is 0 Å². The summed E-state index contributed by atoms with van der Waals surface area (Å²) in [6.07, 6.45) is 4.17. The van der Waals surface area contributed by atoms with Crippen LogP contribution in [0.1, 0.15) is 51.5 Å². The van der Waals surface area contributed by atoms with E-state index in [1.807, 2.05) is 30.3 Å². The van der Waals surface area contributed by atoms with E-state index in [0.29, 0.717) is 25.3 Å². The van der Waals surface area contributed by atoms with Crippen molar-refractivity contribution in [1.82, 2.24) is 10.6 Å². The Morgan fingerprint density at radius 1 is 1.12 bits per heavy atom. The first-order valence-electron chi connectivity index (χ1n) is 9.24. The zero-order chi connectivity index (χ0) is 19.0. The molecule has 1 fully saturated rings. The number of hydrogen-bond acceptors (Lipinski definition) is 4. The van der Waals surface area contributed by atoms with Crippen LogP contribution in [-0.4, -0.2) is 31.1 Å². The highest BCUT2D eigenvalue weighted by molar-refractivity contribution is 5.96. The molecule has 0 aliphatic heterocycles. The number of ether oxygens (including phenoxy) is 1. The van der Waals surface area contributed by atoms with Crippen LogP contribution in [-0.2, 0) is 19.7 Å². The van der Waals surface area contributed by atoms with Gasteiger partial charge in [-0.2, -0.15) is 0 Å². The van der Waals surface area contributed by atoms with Crippen LogP contribution >= 0.6 is 0 Å². The molecular formula is C20H28N2O4. The summed E-state index contributed by atoms with van der Waals surface area (Å²) < 4.78 is 5.26. The Labute approximate surface area is 154 Å². The molecule has 0 heterocycles. The number of esters is 1. The van der Waals surface area contributed by atoms with Crippen molar-refractivity contribution < 1.29 is 19.1 Å². The summed E-state index contributed by atoms with van der Waals surface area (Å²) >= 11 is 0. The van der Waals surface area contributed by atoms with Gasteiger partial charge in [0.15, 0.2) is 6.61 Å². The monoisotopic (exact) mass is 360 g/mol. The number of hydrogen-bond donors (Lipinski definition) is 2. The lowest BCUT2D eigenvalue weighted by molar-refractivity contribution is -0.154. The van der Waals surface area contributed by atoms with E-state index in [1.165, 1.54) is 0 Å². The van der Waals surface area contributed by atoms with Crippen LogP contribution < -0.4 is 10.6 Å². The van der Waals surface area contributed by atoms with Gasteiger partial charge in [-0.3, -0.25) is 14.9 Å². The predicted octanol–water partition coefficient (Wildman–Crippen LogP) is 2.91. The van der Waals surface area contributed by atoms with E-state index < -0.39 is 29.9 Å². The minimum atomic E-state index is -0.680. The summed E-state index contributed by atoms with van der Waals surface area (Å²) in [7, 11) is 0. The number of benzene rings is 1. The number of urea groups is 1. The summed E-state index contributed by atoms with van der Waals surface area (Å²) in [4.78, 5) is 36.2. The van der Waals surface area contributed by atoms with Crippen LogP contribution in [0.15, 0.2) is 30.3 Å². The number of carbonyl (C=O) groups is 3. The largest absolute Gasteiger partial charge is 0.455 e. The maximum atomic E-state index is 12.7.